The van der Waals surface area contributed by atoms with Crippen molar-refractivity contribution >= 4 is 11.9 Å². The Hall–Kier alpha value is -1.84. The van der Waals surface area contributed by atoms with Gasteiger partial charge in [-0.05, 0) is 24.5 Å². The predicted octanol–water partition coefficient (Wildman–Crippen LogP) is 2.24. The second-order valence-electron chi connectivity index (χ2n) is 4.83. The molecule has 4 heteroatoms. The number of amides is 1. The van der Waals surface area contributed by atoms with E-state index >= 15 is 0 Å². The first-order valence-corrected chi connectivity index (χ1v) is 6.70. The van der Waals surface area contributed by atoms with Crippen LogP contribution in [0, 0.1) is 5.92 Å². The molecule has 0 bridgehead atoms. The third-order valence-corrected chi connectivity index (χ3v) is 3.84. The van der Waals surface area contributed by atoms with Gasteiger partial charge < -0.3 is 10.0 Å². The smallest absolute Gasteiger partial charge is 0.309 e. The third kappa shape index (κ3) is 2.35. The molecule has 1 fully saturated rings. The highest BCUT2D eigenvalue weighted by molar-refractivity contribution is 5.87. The zero-order valence-electron chi connectivity index (χ0n) is 11.3. The normalized spacial score (nSPS) is 22.8. The second-order valence-corrected chi connectivity index (χ2v) is 4.83. The van der Waals surface area contributed by atoms with Gasteiger partial charge in [0.05, 0.1) is 12.0 Å². The number of aryl methyl sites for hydroxylation is 1. The number of aliphatic carboxylic acids is 1. The van der Waals surface area contributed by atoms with E-state index in [-0.39, 0.29) is 18.4 Å². The molecule has 19 heavy (non-hydrogen) atoms. The Morgan fingerprint density at radius 2 is 2.05 bits per heavy atom. The van der Waals surface area contributed by atoms with Crippen LogP contribution in [0.25, 0.3) is 0 Å². The van der Waals surface area contributed by atoms with Gasteiger partial charge in [-0.2, -0.15) is 0 Å². The summed E-state index contributed by atoms with van der Waals surface area (Å²) in [6.45, 7) is 4.48. The molecule has 0 aromatic heterocycles. The van der Waals surface area contributed by atoms with Crippen molar-refractivity contribution < 1.29 is 14.7 Å². The Kier molecular flexibility index (Phi) is 3.88. The topological polar surface area (TPSA) is 57.6 Å². The van der Waals surface area contributed by atoms with Crippen molar-refractivity contribution in [3.63, 3.8) is 0 Å². The number of nitrogens with zero attached hydrogens (tertiary/aromatic N) is 1. The molecule has 1 aliphatic rings. The van der Waals surface area contributed by atoms with E-state index in [1.807, 2.05) is 38.1 Å². The average molecular weight is 261 g/mol. The zero-order chi connectivity index (χ0) is 14.0. The molecule has 0 saturated carbocycles. The number of carbonyl (C=O) groups is 2. The summed E-state index contributed by atoms with van der Waals surface area (Å²) in [4.78, 5) is 25.1. The lowest BCUT2D eigenvalue weighted by atomic mass is 9.89. The monoisotopic (exact) mass is 261 g/mol. The van der Waals surface area contributed by atoms with Crippen LogP contribution in [0.3, 0.4) is 0 Å². The molecule has 1 amide bonds. The van der Waals surface area contributed by atoms with Gasteiger partial charge >= 0.3 is 5.97 Å². The van der Waals surface area contributed by atoms with Gasteiger partial charge in [-0.1, -0.05) is 31.2 Å². The number of rotatable bonds is 4. The quantitative estimate of drug-likeness (QED) is 0.904. The molecule has 1 heterocycles. The van der Waals surface area contributed by atoms with E-state index in [1.165, 1.54) is 0 Å². The Labute approximate surface area is 113 Å². The molecule has 1 N–H and O–H groups in total. The van der Waals surface area contributed by atoms with Crippen LogP contribution in [0.2, 0.25) is 0 Å². The lowest BCUT2D eigenvalue weighted by Crippen LogP contribution is -2.31. The highest BCUT2D eigenvalue weighted by Crippen LogP contribution is 2.39. The number of carboxylic acid groups (broad SMARTS) is 1. The van der Waals surface area contributed by atoms with Crippen molar-refractivity contribution in [3.05, 3.63) is 35.4 Å². The number of carbonyl (C=O) groups excluding carboxylic acids is 1. The SMILES string of the molecule is CCc1ccccc1C1C(C(=O)O)CC(=O)N1CC. The zero-order valence-corrected chi connectivity index (χ0v) is 11.3. The molecule has 1 aromatic rings. The first-order valence-electron chi connectivity index (χ1n) is 6.70. The number of hydrogen-bond donors (Lipinski definition) is 1. The van der Waals surface area contributed by atoms with Crippen LogP contribution >= 0.6 is 0 Å². The summed E-state index contributed by atoms with van der Waals surface area (Å²) in [5, 5.41) is 9.36. The number of carboxylic acids is 1. The van der Waals surface area contributed by atoms with Crippen molar-refractivity contribution in [2.24, 2.45) is 5.92 Å². The van der Waals surface area contributed by atoms with Crippen LogP contribution in [-0.4, -0.2) is 28.4 Å². The number of hydrogen-bond acceptors (Lipinski definition) is 2. The first kappa shape index (κ1) is 13.6. The third-order valence-electron chi connectivity index (χ3n) is 3.84. The largest absolute Gasteiger partial charge is 0.481 e. The Bertz CT molecular complexity index is 498. The summed E-state index contributed by atoms with van der Waals surface area (Å²) < 4.78 is 0. The Balaban J connectivity index is 2.48. The molecule has 1 aliphatic heterocycles. The summed E-state index contributed by atoms with van der Waals surface area (Å²) in [6.07, 6.45) is 0.941. The molecule has 102 valence electrons. The molecule has 0 aliphatic carbocycles. The van der Waals surface area contributed by atoms with Crippen molar-refractivity contribution in [3.8, 4) is 0 Å². The van der Waals surface area contributed by atoms with Crippen LogP contribution in [0.15, 0.2) is 24.3 Å². The van der Waals surface area contributed by atoms with Gasteiger partial charge in [0.1, 0.15) is 0 Å². The number of benzene rings is 1. The molecule has 1 aromatic carbocycles. The number of likely N-dealkylation sites (tertiary alicyclic amines) is 1. The maximum atomic E-state index is 12.0. The van der Waals surface area contributed by atoms with E-state index in [0.29, 0.717) is 6.54 Å². The maximum Gasteiger partial charge on any atom is 0.309 e. The molecule has 0 radical (unpaired) electrons. The fraction of sp³-hybridized carbons (Fsp3) is 0.467. The summed E-state index contributed by atoms with van der Waals surface area (Å²) in [5.41, 5.74) is 2.09. The van der Waals surface area contributed by atoms with Gasteiger partial charge in [-0.25, -0.2) is 0 Å². The first-order chi connectivity index (χ1) is 9.10. The molecule has 0 spiro atoms. The van der Waals surface area contributed by atoms with Crippen molar-refractivity contribution in [1.82, 2.24) is 4.90 Å². The molecular formula is C15H19NO3. The molecular weight excluding hydrogens is 242 g/mol. The second kappa shape index (κ2) is 5.43. The van der Waals surface area contributed by atoms with E-state index in [9.17, 15) is 14.7 Å². The van der Waals surface area contributed by atoms with Gasteiger partial charge in [0.15, 0.2) is 0 Å². The average Bonchev–Trinajstić information content (AvgIpc) is 2.75. The molecule has 4 nitrogen and oxygen atoms in total. The van der Waals surface area contributed by atoms with Gasteiger partial charge in [0.2, 0.25) is 5.91 Å². The van der Waals surface area contributed by atoms with Crippen LogP contribution in [0.5, 0.6) is 0 Å². The van der Waals surface area contributed by atoms with Crippen molar-refractivity contribution in [2.45, 2.75) is 32.7 Å². The Morgan fingerprint density at radius 1 is 1.37 bits per heavy atom. The van der Waals surface area contributed by atoms with Gasteiger partial charge in [0, 0.05) is 13.0 Å². The predicted molar refractivity (Wildman–Crippen MR) is 71.7 cm³/mol. The van der Waals surface area contributed by atoms with E-state index in [1.54, 1.807) is 4.90 Å². The minimum atomic E-state index is -0.889. The molecule has 2 rings (SSSR count). The molecule has 1 saturated heterocycles. The van der Waals surface area contributed by atoms with Crippen LogP contribution in [-0.2, 0) is 16.0 Å². The van der Waals surface area contributed by atoms with Crippen molar-refractivity contribution in [2.75, 3.05) is 6.54 Å². The Morgan fingerprint density at radius 3 is 2.63 bits per heavy atom. The minimum Gasteiger partial charge on any atom is -0.481 e. The minimum absolute atomic E-state index is 0.0641. The van der Waals surface area contributed by atoms with Gasteiger partial charge in [-0.3, -0.25) is 9.59 Å². The summed E-state index contributed by atoms with van der Waals surface area (Å²) in [7, 11) is 0. The molecule has 2 unspecified atom stereocenters. The highest BCUT2D eigenvalue weighted by atomic mass is 16.4. The van der Waals surface area contributed by atoms with E-state index in [0.717, 1.165) is 17.5 Å². The van der Waals surface area contributed by atoms with E-state index in [4.69, 9.17) is 0 Å². The summed E-state index contributed by atoms with van der Waals surface area (Å²) >= 11 is 0. The van der Waals surface area contributed by atoms with E-state index < -0.39 is 11.9 Å². The van der Waals surface area contributed by atoms with Gasteiger partial charge in [-0.15, -0.1) is 0 Å². The molecule has 2 atom stereocenters. The lowest BCUT2D eigenvalue weighted by Gasteiger charge is -2.27. The summed E-state index contributed by atoms with van der Waals surface area (Å²) in [6, 6.07) is 7.48. The standard InChI is InChI=1S/C15H19NO3/c1-3-10-7-5-6-8-11(10)14-12(15(18)19)9-13(17)16(14)4-2/h5-8,12,14H,3-4,9H2,1-2H3,(H,18,19). The highest BCUT2D eigenvalue weighted by Gasteiger charge is 2.44. The van der Waals surface area contributed by atoms with Crippen LogP contribution < -0.4 is 0 Å². The van der Waals surface area contributed by atoms with Crippen molar-refractivity contribution in [1.29, 1.82) is 0 Å². The van der Waals surface area contributed by atoms with Crippen LogP contribution in [0.1, 0.15) is 37.4 Å². The van der Waals surface area contributed by atoms with Crippen LogP contribution in [0.4, 0.5) is 0 Å². The fourth-order valence-corrected chi connectivity index (χ4v) is 2.91. The lowest BCUT2D eigenvalue weighted by molar-refractivity contribution is -0.142. The maximum absolute atomic E-state index is 12.0. The van der Waals surface area contributed by atoms with Gasteiger partial charge in [0.25, 0.3) is 0 Å². The fourth-order valence-electron chi connectivity index (χ4n) is 2.91. The summed E-state index contributed by atoms with van der Waals surface area (Å²) in [5.74, 6) is -1.59. The van der Waals surface area contributed by atoms with E-state index in [2.05, 4.69) is 0 Å².